The van der Waals surface area contributed by atoms with E-state index in [0.717, 1.165) is 4.68 Å². The van der Waals surface area contributed by atoms with Crippen LogP contribution in [0.15, 0.2) is 18.2 Å². The van der Waals surface area contributed by atoms with Gasteiger partial charge in [0.15, 0.2) is 5.69 Å². The van der Waals surface area contributed by atoms with Gasteiger partial charge >= 0.3 is 6.18 Å². The molecular weight excluding hydrogens is 373 g/mol. The fourth-order valence-electron chi connectivity index (χ4n) is 2.38. The van der Waals surface area contributed by atoms with Gasteiger partial charge in [0, 0.05) is 24.7 Å². The number of aryl methyl sites for hydroxylation is 2. The minimum Gasteiger partial charge on any atom is -0.355 e. The SMILES string of the molecule is CCn1nc(C(F)(F)F)cc1C(=O)Nc1c(C)cc(Cl)cc1C(=O)NC. The second-order valence-electron chi connectivity index (χ2n) is 5.41. The Bertz CT molecular complexity index is 862. The molecule has 26 heavy (non-hydrogen) atoms. The Hall–Kier alpha value is -2.55. The van der Waals surface area contributed by atoms with Gasteiger partial charge in [-0.05, 0) is 31.5 Å². The van der Waals surface area contributed by atoms with Crippen molar-refractivity contribution in [2.45, 2.75) is 26.6 Å². The van der Waals surface area contributed by atoms with E-state index in [1.807, 2.05) is 0 Å². The number of alkyl halides is 3. The molecule has 0 saturated carbocycles. The molecule has 0 fully saturated rings. The second kappa shape index (κ2) is 7.36. The van der Waals surface area contributed by atoms with Crippen LogP contribution in [0.2, 0.25) is 5.02 Å². The number of carbonyl (C=O) groups is 2. The normalized spacial score (nSPS) is 11.3. The van der Waals surface area contributed by atoms with Crippen LogP contribution in [0.1, 0.15) is 39.0 Å². The van der Waals surface area contributed by atoms with Crippen molar-refractivity contribution in [3.05, 3.63) is 45.7 Å². The summed E-state index contributed by atoms with van der Waals surface area (Å²) in [5.41, 5.74) is -0.676. The summed E-state index contributed by atoms with van der Waals surface area (Å²) in [5.74, 6) is -1.31. The lowest BCUT2D eigenvalue weighted by atomic mass is 10.1. The van der Waals surface area contributed by atoms with Crippen molar-refractivity contribution in [1.29, 1.82) is 0 Å². The number of carbonyl (C=O) groups excluding carboxylic acids is 2. The summed E-state index contributed by atoms with van der Waals surface area (Å²) in [6.45, 7) is 3.25. The van der Waals surface area contributed by atoms with Crippen molar-refractivity contribution >= 4 is 29.1 Å². The van der Waals surface area contributed by atoms with Crippen LogP contribution in [0, 0.1) is 6.92 Å². The Kier molecular flexibility index (Phi) is 5.60. The number of amides is 2. The Balaban J connectivity index is 2.46. The highest BCUT2D eigenvalue weighted by atomic mass is 35.5. The van der Waals surface area contributed by atoms with Gasteiger partial charge in [-0.25, -0.2) is 0 Å². The summed E-state index contributed by atoms with van der Waals surface area (Å²) in [4.78, 5) is 24.6. The van der Waals surface area contributed by atoms with Crippen LogP contribution in [-0.2, 0) is 12.7 Å². The maximum absolute atomic E-state index is 12.9. The van der Waals surface area contributed by atoms with Gasteiger partial charge in [-0.2, -0.15) is 18.3 Å². The van der Waals surface area contributed by atoms with E-state index in [1.54, 1.807) is 13.8 Å². The zero-order valence-corrected chi connectivity index (χ0v) is 14.9. The molecule has 0 radical (unpaired) electrons. The van der Waals surface area contributed by atoms with E-state index in [-0.39, 0.29) is 28.5 Å². The van der Waals surface area contributed by atoms with Gasteiger partial charge < -0.3 is 10.6 Å². The fourth-order valence-corrected chi connectivity index (χ4v) is 2.65. The molecule has 0 saturated heterocycles. The van der Waals surface area contributed by atoms with Gasteiger partial charge in [0.1, 0.15) is 5.69 Å². The molecule has 10 heteroatoms. The minimum absolute atomic E-state index is 0.0702. The van der Waals surface area contributed by atoms with Gasteiger partial charge in [0.2, 0.25) is 0 Å². The van der Waals surface area contributed by atoms with Crippen molar-refractivity contribution in [3.63, 3.8) is 0 Å². The van der Waals surface area contributed by atoms with Crippen LogP contribution >= 0.6 is 11.6 Å². The Labute approximate surface area is 152 Å². The first kappa shape index (κ1) is 19.8. The molecule has 2 rings (SSSR count). The molecule has 140 valence electrons. The van der Waals surface area contributed by atoms with Crippen LogP contribution in [0.5, 0.6) is 0 Å². The highest BCUT2D eigenvalue weighted by molar-refractivity contribution is 6.31. The molecule has 0 aliphatic heterocycles. The molecule has 1 heterocycles. The minimum atomic E-state index is -4.67. The van der Waals surface area contributed by atoms with Crippen molar-refractivity contribution in [2.75, 3.05) is 12.4 Å². The van der Waals surface area contributed by atoms with Crippen LogP contribution in [-0.4, -0.2) is 28.6 Å². The van der Waals surface area contributed by atoms with E-state index < -0.39 is 23.7 Å². The highest BCUT2D eigenvalue weighted by Crippen LogP contribution is 2.30. The van der Waals surface area contributed by atoms with Crippen molar-refractivity contribution in [2.24, 2.45) is 0 Å². The maximum atomic E-state index is 12.9. The molecule has 0 atom stereocenters. The van der Waals surface area contributed by atoms with Crippen LogP contribution < -0.4 is 10.6 Å². The number of hydrogen-bond acceptors (Lipinski definition) is 3. The lowest BCUT2D eigenvalue weighted by Crippen LogP contribution is -2.23. The van der Waals surface area contributed by atoms with Crippen LogP contribution in [0.3, 0.4) is 0 Å². The largest absolute Gasteiger partial charge is 0.435 e. The molecule has 0 aliphatic rings. The standard InChI is InChI=1S/C16H16ClF3N4O2/c1-4-24-11(7-12(23-24)16(18,19)20)15(26)22-13-8(2)5-9(17)6-10(13)14(25)21-3/h5-7H,4H2,1-3H3,(H,21,25)(H,22,26). The first-order valence-electron chi connectivity index (χ1n) is 7.57. The maximum Gasteiger partial charge on any atom is 0.435 e. The predicted molar refractivity (Wildman–Crippen MR) is 90.4 cm³/mol. The van der Waals surface area contributed by atoms with Gasteiger partial charge in [0.05, 0.1) is 11.3 Å². The molecule has 0 bridgehead atoms. The number of benzene rings is 1. The van der Waals surface area contributed by atoms with Crippen LogP contribution in [0.25, 0.3) is 0 Å². The van der Waals surface area contributed by atoms with Gasteiger partial charge in [-0.15, -0.1) is 0 Å². The first-order valence-corrected chi connectivity index (χ1v) is 7.94. The van der Waals surface area contributed by atoms with E-state index in [0.29, 0.717) is 11.6 Å². The number of anilines is 1. The smallest absolute Gasteiger partial charge is 0.355 e. The molecule has 2 aromatic rings. The monoisotopic (exact) mass is 388 g/mol. The van der Waals surface area contributed by atoms with Gasteiger partial charge in [0.25, 0.3) is 11.8 Å². The second-order valence-corrected chi connectivity index (χ2v) is 5.84. The summed E-state index contributed by atoms with van der Waals surface area (Å²) in [5, 5.41) is 8.60. The van der Waals surface area contributed by atoms with E-state index >= 15 is 0 Å². The number of nitrogens with zero attached hydrogens (tertiary/aromatic N) is 2. The fraction of sp³-hybridized carbons (Fsp3) is 0.312. The first-order chi connectivity index (χ1) is 12.1. The Morgan fingerprint density at radius 1 is 1.23 bits per heavy atom. The number of halogens is 4. The third-order valence-corrected chi connectivity index (χ3v) is 3.83. The van der Waals surface area contributed by atoms with Gasteiger partial charge in [-0.3, -0.25) is 14.3 Å². The van der Waals surface area contributed by atoms with E-state index in [9.17, 15) is 22.8 Å². The number of rotatable bonds is 4. The Morgan fingerprint density at radius 2 is 1.88 bits per heavy atom. The summed E-state index contributed by atoms with van der Waals surface area (Å²) in [6, 6.07) is 3.56. The molecule has 2 N–H and O–H groups in total. The van der Waals surface area contributed by atoms with Crippen molar-refractivity contribution < 1.29 is 22.8 Å². The zero-order chi connectivity index (χ0) is 19.6. The summed E-state index contributed by atoms with van der Waals surface area (Å²) in [7, 11) is 1.41. The average Bonchev–Trinajstić information content (AvgIpc) is 3.00. The molecule has 6 nitrogen and oxygen atoms in total. The van der Waals surface area contributed by atoms with Gasteiger partial charge in [-0.1, -0.05) is 11.6 Å². The van der Waals surface area contributed by atoms with E-state index in [1.165, 1.54) is 19.2 Å². The molecule has 2 amide bonds. The number of hydrogen-bond donors (Lipinski definition) is 2. The predicted octanol–water partition coefficient (Wildman–Crippen LogP) is 3.50. The molecule has 0 aliphatic carbocycles. The lowest BCUT2D eigenvalue weighted by molar-refractivity contribution is -0.141. The van der Waals surface area contributed by atoms with Crippen molar-refractivity contribution in [3.8, 4) is 0 Å². The molecule has 0 spiro atoms. The number of aromatic nitrogens is 2. The third kappa shape index (κ3) is 3.98. The average molecular weight is 389 g/mol. The summed E-state index contributed by atoms with van der Waals surface area (Å²) in [6.07, 6.45) is -4.67. The summed E-state index contributed by atoms with van der Waals surface area (Å²) >= 11 is 5.95. The summed E-state index contributed by atoms with van der Waals surface area (Å²) < 4.78 is 39.5. The molecular formula is C16H16ClF3N4O2. The van der Waals surface area contributed by atoms with Crippen molar-refractivity contribution in [1.82, 2.24) is 15.1 Å². The molecule has 1 aromatic heterocycles. The lowest BCUT2D eigenvalue weighted by Gasteiger charge is -2.14. The molecule has 1 aromatic carbocycles. The van der Waals surface area contributed by atoms with Crippen LogP contribution in [0.4, 0.5) is 18.9 Å². The molecule has 0 unspecified atom stereocenters. The number of nitrogens with one attached hydrogen (secondary N) is 2. The van der Waals surface area contributed by atoms with E-state index in [4.69, 9.17) is 11.6 Å². The highest BCUT2D eigenvalue weighted by Gasteiger charge is 2.35. The zero-order valence-electron chi connectivity index (χ0n) is 14.2. The Morgan fingerprint density at radius 3 is 2.42 bits per heavy atom. The van der Waals surface area contributed by atoms with E-state index in [2.05, 4.69) is 15.7 Å². The third-order valence-electron chi connectivity index (χ3n) is 3.61. The quantitative estimate of drug-likeness (QED) is 0.841. The topological polar surface area (TPSA) is 76.0 Å².